The minimum Gasteiger partial charge on any atom is -0.350 e. The number of benzene rings is 2. The Hall–Kier alpha value is -2.69. The second-order valence-electron chi connectivity index (χ2n) is 6.14. The van der Waals surface area contributed by atoms with Gasteiger partial charge in [0.15, 0.2) is 0 Å². The lowest BCUT2D eigenvalue weighted by Crippen LogP contribution is -2.41. The van der Waals surface area contributed by atoms with E-state index in [0.29, 0.717) is 0 Å². The highest BCUT2D eigenvalue weighted by Crippen LogP contribution is 2.20. The van der Waals surface area contributed by atoms with Gasteiger partial charge in [0.2, 0.25) is 10.0 Å². The average molecular weight is 465 g/mol. The van der Waals surface area contributed by atoms with Gasteiger partial charge in [-0.25, -0.2) is 12.7 Å². The third-order valence-corrected chi connectivity index (χ3v) is 6.30. The summed E-state index contributed by atoms with van der Waals surface area (Å²) < 4.78 is 26.3. The second kappa shape index (κ2) is 7.74. The normalized spacial score (nSPS) is 11.6. The molecule has 0 atom stereocenters. The van der Waals surface area contributed by atoms with Gasteiger partial charge in [-0.15, -0.1) is 0 Å². The van der Waals surface area contributed by atoms with Crippen LogP contribution >= 0.6 is 15.9 Å². The average Bonchev–Trinajstić information content (AvgIpc) is 3.09. The van der Waals surface area contributed by atoms with Crippen LogP contribution < -0.4 is 10.9 Å². The van der Waals surface area contributed by atoms with Crippen LogP contribution in [0.3, 0.4) is 0 Å². The van der Waals surface area contributed by atoms with E-state index in [1.54, 1.807) is 6.07 Å². The number of rotatable bonds is 4. The summed E-state index contributed by atoms with van der Waals surface area (Å²) in [4.78, 5) is 27.5. The lowest BCUT2D eigenvalue weighted by Gasteiger charge is -2.12. The highest BCUT2D eigenvalue weighted by molar-refractivity contribution is 9.10. The summed E-state index contributed by atoms with van der Waals surface area (Å²) in [6.45, 7) is 0. The van der Waals surface area contributed by atoms with Crippen molar-refractivity contribution in [2.75, 3.05) is 14.1 Å². The zero-order chi connectivity index (χ0) is 20.5. The van der Waals surface area contributed by atoms with E-state index in [-0.39, 0.29) is 16.2 Å². The predicted octanol–water partition coefficient (Wildman–Crippen LogP) is 2.26. The summed E-state index contributed by atoms with van der Waals surface area (Å²) in [7, 11) is -0.861. The number of aromatic nitrogens is 1. The fourth-order valence-corrected chi connectivity index (χ4v) is 3.81. The molecule has 10 heteroatoms. The molecule has 0 fully saturated rings. The number of amides is 2. The summed E-state index contributed by atoms with van der Waals surface area (Å²) in [5, 5.41) is 0.840. The monoisotopic (exact) mass is 464 g/mol. The molecule has 2 aromatic carbocycles. The number of fused-ring (bicyclic) bond motifs is 1. The number of carbonyl (C=O) groups is 2. The van der Waals surface area contributed by atoms with Crippen LogP contribution in [0.4, 0.5) is 0 Å². The maximum atomic E-state index is 12.3. The summed E-state index contributed by atoms with van der Waals surface area (Å²) in [6.07, 6.45) is 0. The summed E-state index contributed by atoms with van der Waals surface area (Å²) in [5.74, 6) is -1.17. The van der Waals surface area contributed by atoms with Gasteiger partial charge in [0.05, 0.1) is 4.90 Å². The summed E-state index contributed by atoms with van der Waals surface area (Å²) in [6, 6.07) is 12.7. The Morgan fingerprint density at radius 2 is 1.71 bits per heavy atom. The number of nitrogens with zero attached hydrogens (tertiary/aromatic N) is 1. The van der Waals surface area contributed by atoms with Crippen LogP contribution in [0, 0.1) is 0 Å². The lowest BCUT2D eigenvalue weighted by molar-refractivity contribution is 0.0844. The Balaban J connectivity index is 1.72. The van der Waals surface area contributed by atoms with Gasteiger partial charge in [-0.3, -0.25) is 20.4 Å². The van der Waals surface area contributed by atoms with Crippen LogP contribution in [0.15, 0.2) is 57.9 Å². The van der Waals surface area contributed by atoms with E-state index in [4.69, 9.17) is 0 Å². The Morgan fingerprint density at radius 3 is 2.43 bits per heavy atom. The molecule has 3 aromatic rings. The number of nitrogens with one attached hydrogen (secondary N) is 3. The smallest absolute Gasteiger partial charge is 0.286 e. The van der Waals surface area contributed by atoms with Gasteiger partial charge in [0.1, 0.15) is 5.69 Å². The number of sulfonamides is 1. The first kappa shape index (κ1) is 20.1. The fraction of sp³-hybridized carbons (Fsp3) is 0.111. The van der Waals surface area contributed by atoms with Gasteiger partial charge in [0.25, 0.3) is 11.8 Å². The molecule has 0 saturated heterocycles. The number of hydrazine groups is 1. The van der Waals surface area contributed by atoms with Crippen molar-refractivity contribution in [3.63, 3.8) is 0 Å². The molecule has 8 nitrogen and oxygen atoms in total. The molecule has 0 saturated carbocycles. The Morgan fingerprint density at radius 1 is 1.00 bits per heavy atom. The van der Waals surface area contributed by atoms with Gasteiger partial charge in [-0.1, -0.05) is 22.0 Å². The Bertz CT molecular complexity index is 1170. The number of aromatic amines is 1. The van der Waals surface area contributed by atoms with Gasteiger partial charge < -0.3 is 4.98 Å². The van der Waals surface area contributed by atoms with Crippen LogP contribution in [0.1, 0.15) is 20.8 Å². The van der Waals surface area contributed by atoms with Crippen LogP contribution in [0.5, 0.6) is 0 Å². The second-order valence-corrected chi connectivity index (χ2v) is 9.21. The minimum atomic E-state index is -3.67. The standard InChI is InChI=1S/C18H17BrN4O4S/c1-23(2)28(26,27)14-5-3-4-11(9-14)17(24)21-22-18(25)16-10-12-8-13(19)6-7-15(12)20-16/h3-10,20H,1-2H3,(H,21,24)(H,22,25). The molecule has 1 aromatic heterocycles. The maximum absolute atomic E-state index is 12.3. The van der Waals surface area contributed by atoms with Crippen molar-refractivity contribution >= 4 is 48.7 Å². The van der Waals surface area contributed by atoms with Crippen molar-refractivity contribution in [3.05, 3.63) is 64.3 Å². The number of hydrogen-bond acceptors (Lipinski definition) is 4. The van der Waals surface area contributed by atoms with Crippen molar-refractivity contribution in [2.45, 2.75) is 4.90 Å². The highest BCUT2D eigenvalue weighted by Gasteiger charge is 2.19. The van der Waals surface area contributed by atoms with Crippen LogP contribution in [-0.2, 0) is 10.0 Å². The lowest BCUT2D eigenvalue weighted by atomic mass is 10.2. The fourth-order valence-electron chi connectivity index (χ4n) is 2.49. The molecule has 0 aliphatic heterocycles. The molecule has 2 amide bonds. The van der Waals surface area contributed by atoms with Crippen molar-refractivity contribution in [3.8, 4) is 0 Å². The molecule has 28 heavy (non-hydrogen) atoms. The zero-order valence-electron chi connectivity index (χ0n) is 15.0. The van der Waals surface area contributed by atoms with Gasteiger partial charge in [-0.2, -0.15) is 0 Å². The van der Waals surface area contributed by atoms with Gasteiger partial charge in [-0.05, 0) is 42.5 Å². The first-order valence-electron chi connectivity index (χ1n) is 8.10. The number of H-pyrrole nitrogens is 1. The first-order chi connectivity index (χ1) is 13.2. The van der Waals surface area contributed by atoms with E-state index in [2.05, 4.69) is 31.8 Å². The highest BCUT2D eigenvalue weighted by atomic mass is 79.9. The predicted molar refractivity (Wildman–Crippen MR) is 108 cm³/mol. The molecular weight excluding hydrogens is 448 g/mol. The molecule has 1 heterocycles. The van der Waals surface area contributed by atoms with Crippen LogP contribution in [0.25, 0.3) is 10.9 Å². The molecule has 3 N–H and O–H groups in total. The van der Waals surface area contributed by atoms with Crippen LogP contribution in [-0.4, -0.2) is 43.6 Å². The number of carbonyl (C=O) groups excluding carboxylic acids is 2. The van der Waals surface area contributed by atoms with Gasteiger partial charge in [0, 0.05) is 35.0 Å². The Kier molecular flexibility index (Phi) is 5.54. The molecule has 146 valence electrons. The molecule has 0 unspecified atom stereocenters. The number of hydrogen-bond donors (Lipinski definition) is 3. The molecule has 0 spiro atoms. The third kappa shape index (κ3) is 4.08. The topological polar surface area (TPSA) is 111 Å². The summed E-state index contributed by atoms with van der Waals surface area (Å²) in [5.41, 5.74) is 5.75. The van der Waals surface area contributed by atoms with E-state index in [9.17, 15) is 18.0 Å². The van der Waals surface area contributed by atoms with E-state index in [1.165, 1.54) is 38.4 Å². The number of halogens is 1. The van der Waals surface area contributed by atoms with E-state index < -0.39 is 21.8 Å². The molecule has 0 aliphatic carbocycles. The molecular formula is C18H17BrN4O4S. The Labute approximate surface area is 170 Å². The summed E-state index contributed by atoms with van der Waals surface area (Å²) >= 11 is 3.37. The maximum Gasteiger partial charge on any atom is 0.286 e. The third-order valence-electron chi connectivity index (χ3n) is 3.99. The van der Waals surface area contributed by atoms with Crippen molar-refractivity contribution in [2.24, 2.45) is 0 Å². The SMILES string of the molecule is CN(C)S(=O)(=O)c1cccc(C(=O)NNC(=O)c2cc3cc(Br)ccc3[nH]2)c1. The van der Waals surface area contributed by atoms with Crippen molar-refractivity contribution < 1.29 is 18.0 Å². The quantitative estimate of drug-likeness (QED) is 0.514. The van der Waals surface area contributed by atoms with Crippen molar-refractivity contribution in [1.82, 2.24) is 20.1 Å². The van der Waals surface area contributed by atoms with E-state index in [1.807, 2.05) is 18.2 Å². The molecule has 0 bridgehead atoms. The van der Waals surface area contributed by atoms with Gasteiger partial charge >= 0.3 is 0 Å². The van der Waals surface area contributed by atoms with E-state index in [0.717, 1.165) is 19.7 Å². The van der Waals surface area contributed by atoms with Crippen molar-refractivity contribution in [1.29, 1.82) is 0 Å². The minimum absolute atomic E-state index is 0.0160. The van der Waals surface area contributed by atoms with Crippen LogP contribution in [0.2, 0.25) is 0 Å². The molecule has 3 rings (SSSR count). The molecule has 0 aliphatic rings. The first-order valence-corrected chi connectivity index (χ1v) is 10.3. The zero-order valence-corrected chi connectivity index (χ0v) is 17.4. The largest absolute Gasteiger partial charge is 0.350 e. The van der Waals surface area contributed by atoms with E-state index >= 15 is 0 Å². The molecule has 0 radical (unpaired) electrons.